The van der Waals surface area contributed by atoms with Gasteiger partial charge >= 0.3 is 0 Å². The van der Waals surface area contributed by atoms with E-state index in [1.54, 1.807) is 0 Å². The van der Waals surface area contributed by atoms with E-state index < -0.39 is 0 Å². The molecular weight excluding hydrogens is 266 g/mol. The Labute approximate surface area is 126 Å². The molecule has 0 saturated carbocycles. The summed E-state index contributed by atoms with van der Waals surface area (Å²) in [6.45, 7) is 7.26. The Kier molecular flexibility index (Phi) is 6.02. The fourth-order valence-electron chi connectivity index (χ4n) is 2.51. The Morgan fingerprint density at radius 3 is 2.86 bits per heavy atom. The van der Waals surface area contributed by atoms with Crippen molar-refractivity contribution >= 4 is 5.91 Å². The molecule has 1 aliphatic rings. The number of piperazine rings is 1. The Morgan fingerprint density at radius 2 is 2.14 bits per heavy atom. The van der Waals surface area contributed by atoms with Gasteiger partial charge in [-0.2, -0.15) is 0 Å². The minimum atomic E-state index is 0.208. The van der Waals surface area contributed by atoms with Gasteiger partial charge in [-0.15, -0.1) is 0 Å². The number of likely N-dealkylation sites (N-methyl/N-ethyl adjacent to an activating group) is 1. The Bertz CT molecular complexity index is 459. The normalized spacial score (nSPS) is 15.3. The van der Waals surface area contributed by atoms with Crippen molar-refractivity contribution in [1.29, 1.82) is 0 Å². The molecule has 0 spiro atoms. The quantitative estimate of drug-likeness (QED) is 0.847. The summed E-state index contributed by atoms with van der Waals surface area (Å²) in [6, 6.07) is 8.05. The number of hydrogen-bond donors (Lipinski definition) is 1. The van der Waals surface area contributed by atoms with Crippen LogP contribution in [-0.2, 0) is 11.3 Å². The van der Waals surface area contributed by atoms with Crippen LogP contribution >= 0.6 is 0 Å². The molecule has 0 aliphatic carbocycles. The van der Waals surface area contributed by atoms with Crippen LogP contribution in [0.1, 0.15) is 12.5 Å². The van der Waals surface area contributed by atoms with Crippen LogP contribution in [0.4, 0.5) is 0 Å². The maximum absolute atomic E-state index is 12.2. The summed E-state index contributed by atoms with van der Waals surface area (Å²) < 4.78 is 5.50. The maximum Gasteiger partial charge on any atom is 0.236 e. The topological polar surface area (TPSA) is 44.8 Å². The van der Waals surface area contributed by atoms with Gasteiger partial charge in [0, 0.05) is 32.7 Å². The molecule has 0 atom stereocenters. The molecule has 1 saturated heterocycles. The van der Waals surface area contributed by atoms with Crippen LogP contribution in [0.5, 0.6) is 5.75 Å². The van der Waals surface area contributed by atoms with Crippen LogP contribution in [0.3, 0.4) is 0 Å². The highest BCUT2D eigenvalue weighted by molar-refractivity contribution is 5.78. The van der Waals surface area contributed by atoms with E-state index in [0.717, 1.165) is 44.0 Å². The van der Waals surface area contributed by atoms with Gasteiger partial charge in [0.1, 0.15) is 5.75 Å². The number of amides is 1. The van der Waals surface area contributed by atoms with Crippen molar-refractivity contribution in [2.45, 2.75) is 13.5 Å². The average molecular weight is 291 g/mol. The lowest BCUT2D eigenvalue weighted by Gasteiger charge is -2.29. The van der Waals surface area contributed by atoms with Crippen molar-refractivity contribution in [2.75, 3.05) is 46.4 Å². The third-order valence-corrected chi connectivity index (χ3v) is 3.54. The molecule has 2 rings (SSSR count). The smallest absolute Gasteiger partial charge is 0.236 e. The van der Waals surface area contributed by atoms with Gasteiger partial charge in [-0.1, -0.05) is 12.1 Å². The van der Waals surface area contributed by atoms with Crippen molar-refractivity contribution in [2.24, 2.45) is 0 Å². The van der Waals surface area contributed by atoms with Crippen LogP contribution in [-0.4, -0.2) is 62.1 Å². The summed E-state index contributed by atoms with van der Waals surface area (Å²) >= 11 is 0. The number of nitrogens with one attached hydrogen (secondary N) is 1. The zero-order chi connectivity index (χ0) is 15.1. The number of carbonyl (C=O) groups excluding carboxylic acids is 1. The fourth-order valence-corrected chi connectivity index (χ4v) is 2.51. The lowest BCUT2D eigenvalue weighted by molar-refractivity contribution is -0.132. The molecule has 1 heterocycles. The summed E-state index contributed by atoms with van der Waals surface area (Å²) in [7, 11) is 1.98. The Hall–Kier alpha value is -1.59. The summed E-state index contributed by atoms with van der Waals surface area (Å²) in [6.07, 6.45) is 0. The molecule has 1 aromatic rings. The minimum Gasteiger partial charge on any atom is -0.494 e. The van der Waals surface area contributed by atoms with Crippen LogP contribution in [0, 0.1) is 0 Å². The zero-order valence-corrected chi connectivity index (χ0v) is 13.0. The van der Waals surface area contributed by atoms with Crippen LogP contribution in [0.15, 0.2) is 24.3 Å². The molecule has 116 valence electrons. The standard InChI is InChI=1S/C16H25N3O2/c1-3-21-15-6-4-5-14(11-15)12-18(2)13-16(20)19-9-7-17-8-10-19/h4-6,11,17H,3,7-10,12-13H2,1-2H3. The summed E-state index contributed by atoms with van der Waals surface area (Å²) in [5.74, 6) is 1.09. The van der Waals surface area contributed by atoms with E-state index in [-0.39, 0.29) is 5.91 Å². The molecule has 21 heavy (non-hydrogen) atoms. The molecule has 1 fully saturated rings. The number of hydrogen-bond acceptors (Lipinski definition) is 4. The lowest BCUT2D eigenvalue weighted by Crippen LogP contribution is -2.49. The molecule has 1 aliphatic heterocycles. The molecule has 0 aromatic heterocycles. The van der Waals surface area contributed by atoms with Gasteiger partial charge in [-0.3, -0.25) is 9.69 Å². The van der Waals surface area contributed by atoms with Gasteiger partial charge in [0.05, 0.1) is 13.2 Å². The summed E-state index contributed by atoms with van der Waals surface area (Å²) in [5, 5.41) is 3.26. The number of benzene rings is 1. The molecule has 1 amide bonds. The van der Waals surface area contributed by atoms with Gasteiger partial charge in [0.2, 0.25) is 5.91 Å². The molecular formula is C16H25N3O2. The SMILES string of the molecule is CCOc1cccc(CN(C)CC(=O)N2CCNCC2)c1. The van der Waals surface area contributed by atoms with Crippen molar-refractivity contribution in [3.63, 3.8) is 0 Å². The predicted octanol–water partition coefficient (Wildman–Crippen LogP) is 0.949. The zero-order valence-electron chi connectivity index (χ0n) is 13.0. The van der Waals surface area contributed by atoms with Gasteiger partial charge in [-0.25, -0.2) is 0 Å². The minimum absolute atomic E-state index is 0.208. The van der Waals surface area contributed by atoms with Crippen molar-refractivity contribution in [1.82, 2.24) is 15.1 Å². The van der Waals surface area contributed by atoms with E-state index >= 15 is 0 Å². The molecule has 5 nitrogen and oxygen atoms in total. The number of rotatable bonds is 6. The van der Waals surface area contributed by atoms with Gasteiger partial charge < -0.3 is 15.0 Å². The van der Waals surface area contributed by atoms with Crippen molar-refractivity contribution in [3.8, 4) is 5.75 Å². The second-order valence-electron chi connectivity index (χ2n) is 5.38. The summed E-state index contributed by atoms with van der Waals surface area (Å²) in [4.78, 5) is 16.2. The second kappa shape index (κ2) is 8.00. The average Bonchev–Trinajstić information content (AvgIpc) is 2.48. The lowest BCUT2D eigenvalue weighted by atomic mass is 10.2. The number of ether oxygens (including phenoxy) is 1. The molecule has 0 unspecified atom stereocenters. The largest absolute Gasteiger partial charge is 0.494 e. The van der Waals surface area contributed by atoms with E-state index in [0.29, 0.717) is 13.2 Å². The fraction of sp³-hybridized carbons (Fsp3) is 0.562. The van der Waals surface area contributed by atoms with Crippen LogP contribution in [0.25, 0.3) is 0 Å². The second-order valence-corrected chi connectivity index (χ2v) is 5.38. The van der Waals surface area contributed by atoms with Gasteiger partial charge in [0.25, 0.3) is 0 Å². The predicted molar refractivity (Wildman–Crippen MR) is 83.4 cm³/mol. The molecule has 5 heteroatoms. The molecule has 0 bridgehead atoms. The van der Waals surface area contributed by atoms with Gasteiger partial charge in [-0.05, 0) is 31.7 Å². The van der Waals surface area contributed by atoms with E-state index in [9.17, 15) is 4.79 Å². The third kappa shape index (κ3) is 5.02. The van der Waals surface area contributed by atoms with Crippen LogP contribution < -0.4 is 10.1 Å². The number of carbonyl (C=O) groups is 1. The van der Waals surface area contributed by atoms with E-state index in [2.05, 4.69) is 16.3 Å². The number of nitrogens with zero attached hydrogens (tertiary/aromatic N) is 2. The molecule has 1 aromatic carbocycles. The summed E-state index contributed by atoms with van der Waals surface area (Å²) in [5.41, 5.74) is 1.16. The van der Waals surface area contributed by atoms with E-state index in [1.165, 1.54) is 0 Å². The highest BCUT2D eigenvalue weighted by Gasteiger charge is 2.17. The van der Waals surface area contributed by atoms with E-state index in [1.807, 2.05) is 37.1 Å². The first-order chi connectivity index (χ1) is 10.2. The highest BCUT2D eigenvalue weighted by atomic mass is 16.5. The Balaban J connectivity index is 1.84. The third-order valence-electron chi connectivity index (χ3n) is 3.54. The van der Waals surface area contributed by atoms with Gasteiger partial charge in [0.15, 0.2) is 0 Å². The first kappa shape index (κ1) is 15.8. The van der Waals surface area contributed by atoms with E-state index in [4.69, 9.17) is 4.74 Å². The maximum atomic E-state index is 12.2. The van der Waals surface area contributed by atoms with Crippen LogP contribution in [0.2, 0.25) is 0 Å². The van der Waals surface area contributed by atoms with Crippen molar-refractivity contribution < 1.29 is 9.53 Å². The molecule has 1 N–H and O–H groups in total. The monoisotopic (exact) mass is 291 g/mol. The first-order valence-electron chi connectivity index (χ1n) is 7.58. The highest BCUT2D eigenvalue weighted by Crippen LogP contribution is 2.14. The molecule has 0 radical (unpaired) electrons. The van der Waals surface area contributed by atoms with Crippen molar-refractivity contribution in [3.05, 3.63) is 29.8 Å². The Morgan fingerprint density at radius 1 is 1.38 bits per heavy atom. The first-order valence-corrected chi connectivity index (χ1v) is 7.58.